The second-order valence-electron chi connectivity index (χ2n) is 10.1. The largest absolute Gasteiger partial charge is 0.444 e. The molecule has 0 aliphatic heterocycles. The van der Waals surface area contributed by atoms with E-state index in [4.69, 9.17) is 9.72 Å². The van der Waals surface area contributed by atoms with E-state index in [-0.39, 0.29) is 12.0 Å². The van der Waals surface area contributed by atoms with E-state index in [1.54, 1.807) is 18.4 Å². The van der Waals surface area contributed by atoms with Gasteiger partial charge in [0.05, 0.1) is 10.7 Å². The SMILES string of the molecule is CC.CC.CC.CNC(=O)c1ccc(-c2csc(Cc3cc(C)c(CCNCCNC(=O)OC(C)(C)C)cc3C)n2)cc1. The van der Waals surface area contributed by atoms with Crippen molar-refractivity contribution < 1.29 is 14.3 Å². The maximum absolute atomic E-state index is 11.8. The van der Waals surface area contributed by atoms with Crippen molar-refractivity contribution in [1.82, 2.24) is 20.9 Å². The van der Waals surface area contributed by atoms with Crippen molar-refractivity contribution in [1.29, 1.82) is 0 Å². The van der Waals surface area contributed by atoms with Gasteiger partial charge < -0.3 is 20.7 Å². The number of nitrogens with one attached hydrogen (secondary N) is 3. The molecular formula is C35H56N4O3S. The van der Waals surface area contributed by atoms with Crippen LogP contribution in [-0.2, 0) is 17.6 Å². The number of alkyl carbamates (subject to hydrolysis) is 1. The van der Waals surface area contributed by atoms with Crippen LogP contribution in [0.2, 0.25) is 0 Å². The maximum atomic E-state index is 11.8. The molecule has 0 fully saturated rings. The van der Waals surface area contributed by atoms with Gasteiger partial charge in [0.1, 0.15) is 5.60 Å². The lowest BCUT2D eigenvalue weighted by atomic mass is 9.96. The van der Waals surface area contributed by atoms with E-state index < -0.39 is 5.60 Å². The first kappa shape index (κ1) is 39.8. The van der Waals surface area contributed by atoms with Gasteiger partial charge in [-0.25, -0.2) is 9.78 Å². The summed E-state index contributed by atoms with van der Waals surface area (Å²) in [6.07, 6.45) is 1.33. The average molecular weight is 613 g/mol. The molecule has 240 valence electrons. The molecule has 1 aromatic heterocycles. The van der Waals surface area contributed by atoms with E-state index in [1.165, 1.54) is 22.3 Å². The number of aromatic nitrogens is 1. The minimum absolute atomic E-state index is 0.0919. The summed E-state index contributed by atoms with van der Waals surface area (Å²) in [5.74, 6) is -0.0919. The van der Waals surface area contributed by atoms with E-state index >= 15 is 0 Å². The number of rotatable bonds is 10. The molecule has 0 saturated heterocycles. The van der Waals surface area contributed by atoms with Gasteiger partial charge in [-0.1, -0.05) is 65.8 Å². The Kier molecular flexibility index (Phi) is 19.8. The van der Waals surface area contributed by atoms with E-state index in [0.29, 0.717) is 18.7 Å². The van der Waals surface area contributed by atoms with Crippen LogP contribution in [0.5, 0.6) is 0 Å². The molecule has 1 heterocycles. The summed E-state index contributed by atoms with van der Waals surface area (Å²) in [4.78, 5) is 28.3. The molecule has 0 aliphatic carbocycles. The first-order valence-electron chi connectivity index (χ1n) is 15.6. The van der Waals surface area contributed by atoms with E-state index in [9.17, 15) is 9.59 Å². The van der Waals surface area contributed by atoms with Crippen molar-refractivity contribution in [3.05, 3.63) is 74.6 Å². The van der Waals surface area contributed by atoms with Crippen LogP contribution in [-0.4, -0.2) is 49.3 Å². The molecule has 7 nitrogen and oxygen atoms in total. The molecule has 8 heteroatoms. The number of amides is 2. The van der Waals surface area contributed by atoms with Crippen LogP contribution in [0.1, 0.15) is 99.9 Å². The molecule has 0 spiro atoms. The van der Waals surface area contributed by atoms with Crippen LogP contribution in [0.15, 0.2) is 41.8 Å². The van der Waals surface area contributed by atoms with Gasteiger partial charge in [0.2, 0.25) is 0 Å². The molecule has 2 amide bonds. The number of ether oxygens (including phenoxy) is 1. The Hall–Kier alpha value is -3.23. The molecule has 0 unspecified atom stereocenters. The van der Waals surface area contributed by atoms with Crippen LogP contribution in [0.25, 0.3) is 11.3 Å². The quantitative estimate of drug-likeness (QED) is 0.201. The number of carbonyl (C=O) groups is 2. The Morgan fingerprint density at radius 3 is 2.02 bits per heavy atom. The summed E-state index contributed by atoms with van der Waals surface area (Å²) >= 11 is 1.66. The number of thiazole rings is 1. The van der Waals surface area contributed by atoms with Gasteiger partial charge in [-0.05, 0) is 82.0 Å². The molecule has 3 N–H and O–H groups in total. The van der Waals surface area contributed by atoms with Crippen LogP contribution < -0.4 is 16.0 Å². The Morgan fingerprint density at radius 1 is 0.860 bits per heavy atom. The molecular weight excluding hydrogens is 556 g/mol. The standard InChI is InChI=1S/C29H38N4O3S.3C2H6/c1-19-16-24(17-26-33-25(18-37-26)21-7-9-22(10-8-21)27(34)30-6)20(2)15-23(19)11-12-31-13-14-32-28(35)36-29(3,4)5;3*1-2/h7-10,15-16,18,31H,11-14,17H2,1-6H3,(H,30,34)(H,32,35);3*1-2H3. The molecule has 3 rings (SSSR count). The van der Waals surface area contributed by atoms with Gasteiger partial charge >= 0.3 is 6.09 Å². The van der Waals surface area contributed by atoms with Gasteiger partial charge in [0, 0.05) is 43.1 Å². The van der Waals surface area contributed by atoms with Crippen molar-refractivity contribution in [3.63, 3.8) is 0 Å². The van der Waals surface area contributed by atoms with Gasteiger partial charge in [0.25, 0.3) is 5.91 Å². The third-order valence-corrected chi connectivity index (χ3v) is 6.75. The summed E-state index contributed by atoms with van der Waals surface area (Å²) in [5.41, 5.74) is 7.24. The molecule has 43 heavy (non-hydrogen) atoms. The highest BCUT2D eigenvalue weighted by molar-refractivity contribution is 7.10. The number of aryl methyl sites for hydroxylation is 2. The molecule has 0 radical (unpaired) electrons. The lowest BCUT2D eigenvalue weighted by Gasteiger charge is -2.19. The fourth-order valence-corrected chi connectivity index (χ4v) is 4.76. The van der Waals surface area contributed by atoms with Crippen molar-refractivity contribution in [2.75, 3.05) is 26.7 Å². The Labute approximate surface area is 265 Å². The smallest absolute Gasteiger partial charge is 0.407 e. The first-order chi connectivity index (χ1) is 20.6. The highest BCUT2D eigenvalue weighted by Crippen LogP contribution is 2.26. The Morgan fingerprint density at radius 2 is 1.44 bits per heavy atom. The van der Waals surface area contributed by atoms with Crippen molar-refractivity contribution >= 4 is 23.3 Å². The molecule has 2 aromatic carbocycles. The van der Waals surface area contributed by atoms with Crippen molar-refractivity contribution in [3.8, 4) is 11.3 Å². The molecule has 0 bridgehead atoms. The second kappa shape index (κ2) is 21.5. The first-order valence-corrected chi connectivity index (χ1v) is 16.5. The van der Waals surface area contributed by atoms with Crippen LogP contribution >= 0.6 is 11.3 Å². The zero-order chi connectivity index (χ0) is 33.0. The molecule has 3 aromatic rings. The summed E-state index contributed by atoms with van der Waals surface area (Å²) in [6, 6.07) is 12.1. The predicted octanol–water partition coefficient (Wildman–Crippen LogP) is 8.11. The summed E-state index contributed by atoms with van der Waals surface area (Å²) < 4.78 is 5.24. The normalized spacial score (nSPS) is 10.1. The van der Waals surface area contributed by atoms with Crippen molar-refractivity contribution in [2.45, 2.75) is 94.6 Å². The lowest BCUT2D eigenvalue weighted by molar-refractivity contribution is 0.0528. The zero-order valence-corrected chi connectivity index (χ0v) is 29.5. The van der Waals surface area contributed by atoms with Crippen molar-refractivity contribution in [2.24, 2.45) is 0 Å². The third kappa shape index (κ3) is 14.7. The molecule has 0 atom stereocenters. The van der Waals surface area contributed by atoms with Gasteiger partial charge in [-0.15, -0.1) is 11.3 Å². The summed E-state index contributed by atoms with van der Waals surface area (Å²) in [7, 11) is 1.63. The topological polar surface area (TPSA) is 92.4 Å². The fraction of sp³-hybridized carbons (Fsp3) is 0.514. The van der Waals surface area contributed by atoms with Crippen LogP contribution in [0, 0.1) is 13.8 Å². The average Bonchev–Trinajstić information content (AvgIpc) is 3.47. The van der Waals surface area contributed by atoms with Gasteiger partial charge in [-0.3, -0.25) is 4.79 Å². The lowest BCUT2D eigenvalue weighted by Crippen LogP contribution is -2.36. The minimum Gasteiger partial charge on any atom is -0.444 e. The third-order valence-electron chi connectivity index (χ3n) is 5.90. The number of hydrogen-bond acceptors (Lipinski definition) is 6. The molecule has 0 saturated carbocycles. The summed E-state index contributed by atoms with van der Waals surface area (Å²) in [6.45, 7) is 23.9. The summed E-state index contributed by atoms with van der Waals surface area (Å²) in [5, 5.41) is 11.9. The maximum Gasteiger partial charge on any atom is 0.407 e. The monoisotopic (exact) mass is 612 g/mol. The van der Waals surface area contributed by atoms with E-state index in [2.05, 4.69) is 47.3 Å². The zero-order valence-electron chi connectivity index (χ0n) is 28.7. The fourth-order valence-electron chi connectivity index (χ4n) is 3.94. The Balaban J connectivity index is 0.00000276. The number of benzene rings is 2. The molecule has 0 aliphatic rings. The number of carbonyl (C=O) groups excluding carboxylic acids is 2. The Bertz CT molecular complexity index is 1210. The van der Waals surface area contributed by atoms with Gasteiger partial charge in [-0.2, -0.15) is 0 Å². The highest BCUT2D eigenvalue weighted by Gasteiger charge is 2.15. The highest BCUT2D eigenvalue weighted by atomic mass is 32.1. The minimum atomic E-state index is -0.484. The number of nitrogens with zero attached hydrogens (tertiary/aromatic N) is 1. The second-order valence-corrected chi connectivity index (χ2v) is 11.0. The van der Waals surface area contributed by atoms with E-state index in [0.717, 1.165) is 35.7 Å². The number of hydrogen-bond donors (Lipinski definition) is 3. The van der Waals surface area contributed by atoms with Crippen LogP contribution in [0.4, 0.5) is 4.79 Å². The van der Waals surface area contributed by atoms with E-state index in [1.807, 2.05) is 86.6 Å². The predicted molar refractivity (Wildman–Crippen MR) is 185 cm³/mol. The van der Waals surface area contributed by atoms with Crippen LogP contribution in [0.3, 0.4) is 0 Å². The van der Waals surface area contributed by atoms with Gasteiger partial charge in [0.15, 0.2) is 0 Å².